The molecule has 2 aromatic rings. The summed E-state index contributed by atoms with van der Waals surface area (Å²) in [6.45, 7) is 2.25. The lowest BCUT2D eigenvalue weighted by Gasteiger charge is -2.04. The predicted molar refractivity (Wildman–Crippen MR) is 62.3 cm³/mol. The molecular formula is C10H10IN3. The molecule has 1 fully saturated rings. The molecule has 1 aliphatic carbocycles. The van der Waals surface area contributed by atoms with Gasteiger partial charge in [0.25, 0.3) is 0 Å². The first-order valence-corrected chi connectivity index (χ1v) is 5.78. The van der Waals surface area contributed by atoms with E-state index in [1.165, 1.54) is 16.4 Å². The van der Waals surface area contributed by atoms with Crippen LogP contribution in [0.5, 0.6) is 0 Å². The third kappa shape index (κ3) is 1.16. The molecule has 0 saturated heterocycles. The lowest BCUT2D eigenvalue weighted by atomic mass is 10.1. The van der Waals surface area contributed by atoms with Crippen molar-refractivity contribution < 1.29 is 0 Å². The van der Waals surface area contributed by atoms with Crippen LogP contribution in [0.15, 0.2) is 18.3 Å². The summed E-state index contributed by atoms with van der Waals surface area (Å²) in [4.78, 5) is 0. The number of nitrogens with zero attached hydrogens (tertiary/aromatic N) is 3. The van der Waals surface area contributed by atoms with Crippen molar-refractivity contribution in [1.82, 2.24) is 14.6 Å². The van der Waals surface area contributed by atoms with E-state index in [1.807, 2.05) is 0 Å². The van der Waals surface area contributed by atoms with E-state index in [4.69, 9.17) is 0 Å². The lowest BCUT2D eigenvalue weighted by molar-refractivity contribution is 0.696. The first-order valence-electron chi connectivity index (χ1n) is 4.70. The molecule has 0 unspecified atom stereocenters. The normalized spacial score (nSPS) is 18.7. The first-order chi connectivity index (χ1) is 6.69. The number of hydrogen-bond acceptors (Lipinski definition) is 2. The average molecular weight is 299 g/mol. The summed E-state index contributed by atoms with van der Waals surface area (Å²) in [6.07, 6.45) is 4.54. The molecule has 1 saturated carbocycles. The Morgan fingerprint density at radius 1 is 1.43 bits per heavy atom. The molecule has 14 heavy (non-hydrogen) atoms. The minimum atomic E-state index is 0.284. The third-order valence-electron chi connectivity index (χ3n) is 2.91. The Kier molecular flexibility index (Phi) is 1.66. The van der Waals surface area contributed by atoms with Crippen LogP contribution in [0.4, 0.5) is 0 Å². The Morgan fingerprint density at radius 3 is 2.93 bits per heavy atom. The molecule has 0 spiro atoms. The summed E-state index contributed by atoms with van der Waals surface area (Å²) >= 11 is 2.29. The second kappa shape index (κ2) is 2.68. The summed E-state index contributed by atoms with van der Waals surface area (Å²) in [7, 11) is 0. The maximum absolute atomic E-state index is 4.28. The van der Waals surface area contributed by atoms with Crippen LogP contribution in [0, 0.1) is 3.57 Å². The molecule has 0 aromatic carbocycles. The van der Waals surface area contributed by atoms with Gasteiger partial charge in [0.05, 0.1) is 0 Å². The molecule has 72 valence electrons. The molecule has 4 heteroatoms. The molecule has 2 aromatic heterocycles. The van der Waals surface area contributed by atoms with Crippen LogP contribution < -0.4 is 0 Å². The van der Waals surface area contributed by atoms with Crippen LogP contribution in [0.3, 0.4) is 0 Å². The summed E-state index contributed by atoms with van der Waals surface area (Å²) in [5.41, 5.74) is 1.24. The van der Waals surface area contributed by atoms with Gasteiger partial charge in [-0.3, -0.25) is 4.40 Å². The molecule has 1 aliphatic rings. The van der Waals surface area contributed by atoms with Gasteiger partial charge in [-0.2, -0.15) is 0 Å². The Labute approximate surface area is 95.7 Å². The van der Waals surface area contributed by atoms with Crippen molar-refractivity contribution in [1.29, 1.82) is 0 Å². The van der Waals surface area contributed by atoms with E-state index in [2.05, 4.69) is 62.4 Å². The van der Waals surface area contributed by atoms with Crippen LogP contribution >= 0.6 is 22.6 Å². The summed E-state index contributed by atoms with van der Waals surface area (Å²) in [5.74, 6) is 1.11. The van der Waals surface area contributed by atoms with Gasteiger partial charge in [-0.25, -0.2) is 0 Å². The monoisotopic (exact) mass is 299 g/mol. The van der Waals surface area contributed by atoms with Crippen molar-refractivity contribution in [3.63, 3.8) is 0 Å². The van der Waals surface area contributed by atoms with Crippen molar-refractivity contribution in [3.8, 4) is 0 Å². The highest BCUT2D eigenvalue weighted by atomic mass is 127. The summed E-state index contributed by atoms with van der Waals surface area (Å²) < 4.78 is 3.31. The fourth-order valence-corrected chi connectivity index (χ4v) is 2.13. The van der Waals surface area contributed by atoms with E-state index in [-0.39, 0.29) is 5.41 Å². The number of aromatic nitrogens is 3. The maximum atomic E-state index is 4.28. The van der Waals surface area contributed by atoms with Gasteiger partial charge in [0.1, 0.15) is 5.82 Å². The number of halogens is 1. The van der Waals surface area contributed by atoms with Gasteiger partial charge < -0.3 is 0 Å². The molecular weight excluding hydrogens is 289 g/mol. The zero-order chi connectivity index (χ0) is 9.76. The van der Waals surface area contributed by atoms with Gasteiger partial charge in [0.15, 0.2) is 5.65 Å². The lowest BCUT2D eigenvalue weighted by Crippen LogP contribution is -2.06. The van der Waals surface area contributed by atoms with Gasteiger partial charge in [-0.15, -0.1) is 10.2 Å². The van der Waals surface area contributed by atoms with Crippen molar-refractivity contribution in [3.05, 3.63) is 27.7 Å². The third-order valence-corrected chi connectivity index (χ3v) is 3.58. The number of rotatable bonds is 1. The van der Waals surface area contributed by atoms with Gasteiger partial charge >= 0.3 is 0 Å². The number of pyridine rings is 1. The van der Waals surface area contributed by atoms with Gasteiger partial charge in [0, 0.05) is 15.2 Å². The Morgan fingerprint density at radius 2 is 2.21 bits per heavy atom. The molecule has 0 N–H and O–H groups in total. The smallest absolute Gasteiger partial charge is 0.161 e. The number of hydrogen-bond donors (Lipinski definition) is 0. The minimum absolute atomic E-state index is 0.284. The van der Waals surface area contributed by atoms with E-state index in [0.29, 0.717) is 0 Å². The molecule has 2 heterocycles. The predicted octanol–water partition coefficient (Wildman–Crippen LogP) is 2.39. The van der Waals surface area contributed by atoms with Gasteiger partial charge in [-0.05, 0) is 47.6 Å². The second-order valence-electron chi connectivity index (χ2n) is 4.16. The SMILES string of the molecule is CC1(c2nnc3cc(I)ccn23)CC1. The zero-order valence-corrected chi connectivity index (χ0v) is 10.0. The topological polar surface area (TPSA) is 30.2 Å². The average Bonchev–Trinajstić information content (AvgIpc) is 2.77. The van der Waals surface area contributed by atoms with Crippen molar-refractivity contribution in [2.75, 3.05) is 0 Å². The molecule has 0 amide bonds. The molecule has 0 bridgehead atoms. The summed E-state index contributed by atoms with van der Waals surface area (Å²) in [5, 5.41) is 8.47. The molecule has 3 rings (SSSR count). The van der Waals surface area contributed by atoms with Crippen molar-refractivity contribution in [2.24, 2.45) is 0 Å². The second-order valence-corrected chi connectivity index (χ2v) is 5.40. The minimum Gasteiger partial charge on any atom is -0.286 e. The molecule has 0 aliphatic heterocycles. The van der Waals surface area contributed by atoms with E-state index in [1.54, 1.807) is 0 Å². The van der Waals surface area contributed by atoms with Crippen molar-refractivity contribution in [2.45, 2.75) is 25.2 Å². The quantitative estimate of drug-likeness (QED) is 0.757. The first kappa shape index (κ1) is 8.64. The Bertz CT molecular complexity index is 499. The fraction of sp³-hybridized carbons (Fsp3) is 0.400. The van der Waals surface area contributed by atoms with E-state index in [0.717, 1.165) is 11.5 Å². The summed E-state index contributed by atoms with van der Waals surface area (Å²) in [6, 6.07) is 4.15. The van der Waals surface area contributed by atoms with Crippen LogP contribution in [-0.2, 0) is 5.41 Å². The maximum Gasteiger partial charge on any atom is 0.161 e. The van der Waals surface area contributed by atoms with Crippen molar-refractivity contribution >= 4 is 28.2 Å². The Balaban J connectivity index is 2.27. The zero-order valence-electron chi connectivity index (χ0n) is 7.87. The largest absolute Gasteiger partial charge is 0.286 e. The van der Waals surface area contributed by atoms with Gasteiger partial charge in [0.2, 0.25) is 0 Å². The molecule has 0 atom stereocenters. The highest BCUT2D eigenvalue weighted by Gasteiger charge is 2.43. The molecule has 0 radical (unpaired) electrons. The Hall–Kier alpha value is -0.650. The van der Waals surface area contributed by atoms with Gasteiger partial charge in [-0.1, -0.05) is 6.92 Å². The fourth-order valence-electron chi connectivity index (χ4n) is 1.69. The van der Waals surface area contributed by atoms with Crippen LogP contribution in [-0.4, -0.2) is 14.6 Å². The highest BCUT2D eigenvalue weighted by molar-refractivity contribution is 14.1. The van der Waals surface area contributed by atoms with Crippen LogP contribution in [0.1, 0.15) is 25.6 Å². The van der Waals surface area contributed by atoms with E-state index < -0.39 is 0 Å². The molecule has 3 nitrogen and oxygen atoms in total. The number of fused-ring (bicyclic) bond motifs is 1. The van der Waals surface area contributed by atoms with Crippen LogP contribution in [0.25, 0.3) is 5.65 Å². The van der Waals surface area contributed by atoms with E-state index >= 15 is 0 Å². The van der Waals surface area contributed by atoms with E-state index in [9.17, 15) is 0 Å². The highest BCUT2D eigenvalue weighted by Crippen LogP contribution is 2.46. The van der Waals surface area contributed by atoms with Crippen LogP contribution in [0.2, 0.25) is 0 Å². The standard InChI is InChI=1S/C10H10IN3/c1-10(3-4-10)9-13-12-8-6-7(11)2-5-14(8)9/h2,5-6H,3-4H2,1H3.